The molecule has 6 nitrogen and oxygen atoms in total. The van der Waals surface area contributed by atoms with Crippen molar-refractivity contribution in [1.29, 1.82) is 0 Å². The Balaban J connectivity index is 1.44. The van der Waals surface area contributed by atoms with Crippen molar-refractivity contribution in [2.45, 2.75) is 32.7 Å². The van der Waals surface area contributed by atoms with E-state index in [2.05, 4.69) is 22.1 Å². The molecular weight excluding hydrogens is 362 g/mol. The van der Waals surface area contributed by atoms with Gasteiger partial charge in [-0.1, -0.05) is 31.2 Å². The van der Waals surface area contributed by atoms with Gasteiger partial charge in [-0.25, -0.2) is 4.98 Å². The number of amides is 1. The largest absolute Gasteiger partial charge is 0.379 e. The van der Waals surface area contributed by atoms with Gasteiger partial charge in [0.1, 0.15) is 0 Å². The molecule has 0 bridgehead atoms. The highest BCUT2D eigenvalue weighted by Gasteiger charge is 2.14. The van der Waals surface area contributed by atoms with E-state index in [-0.39, 0.29) is 24.5 Å². The van der Waals surface area contributed by atoms with Crippen molar-refractivity contribution in [3.05, 3.63) is 46.5 Å². The summed E-state index contributed by atoms with van der Waals surface area (Å²) in [5.41, 5.74) is 2.80. The molecule has 0 saturated carbocycles. The van der Waals surface area contributed by atoms with Crippen LogP contribution in [0.4, 0.5) is 5.13 Å². The maximum absolute atomic E-state index is 12.2. The van der Waals surface area contributed by atoms with Crippen LogP contribution in [0.15, 0.2) is 29.6 Å². The van der Waals surface area contributed by atoms with E-state index in [9.17, 15) is 9.59 Å². The number of hydrogen-bond acceptors (Lipinski definition) is 6. The molecule has 1 aliphatic heterocycles. The molecule has 7 heteroatoms. The lowest BCUT2D eigenvalue weighted by Gasteiger charge is -2.25. The number of nitrogens with one attached hydrogen (secondary N) is 1. The van der Waals surface area contributed by atoms with Crippen molar-refractivity contribution < 1.29 is 14.3 Å². The minimum absolute atomic E-state index is 0.0139. The molecule has 2 heterocycles. The third-order valence-electron chi connectivity index (χ3n) is 4.55. The molecule has 27 heavy (non-hydrogen) atoms. The Kier molecular flexibility index (Phi) is 7.09. The minimum Gasteiger partial charge on any atom is -0.379 e. The number of aryl methyl sites for hydroxylation is 1. The normalized spacial score (nSPS) is 14.9. The second kappa shape index (κ2) is 9.73. The van der Waals surface area contributed by atoms with Crippen LogP contribution in [0.3, 0.4) is 0 Å². The molecule has 1 N–H and O–H groups in total. The van der Waals surface area contributed by atoms with Gasteiger partial charge in [-0.2, -0.15) is 0 Å². The Hall–Kier alpha value is -2.09. The number of aromatic nitrogens is 1. The quantitative estimate of drug-likeness (QED) is 0.705. The average Bonchev–Trinajstić information content (AvgIpc) is 3.13. The molecule has 144 valence electrons. The molecule has 1 aliphatic rings. The number of hydrogen-bond donors (Lipinski definition) is 1. The Labute approximate surface area is 163 Å². The molecule has 1 amide bonds. The fraction of sp³-hybridized carbons (Fsp3) is 0.450. The summed E-state index contributed by atoms with van der Waals surface area (Å²) in [6.07, 6.45) is 1.30. The molecule has 1 aromatic heterocycles. The van der Waals surface area contributed by atoms with Gasteiger partial charge in [-0.3, -0.25) is 14.5 Å². The molecule has 3 rings (SSSR count). The number of anilines is 1. The fourth-order valence-corrected chi connectivity index (χ4v) is 3.62. The van der Waals surface area contributed by atoms with Crippen LogP contribution in [-0.4, -0.2) is 47.9 Å². The van der Waals surface area contributed by atoms with Crippen LogP contribution in [0.25, 0.3) is 0 Å². The lowest BCUT2D eigenvalue weighted by molar-refractivity contribution is -0.116. The SMILES string of the molecule is CCc1ccc(C(=O)CCC(=O)Nc2nc(CN3CCOCC3)cs2)cc1. The highest BCUT2D eigenvalue weighted by atomic mass is 32.1. The topological polar surface area (TPSA) is 71.5 Å². The molecule has 1 aromatic carbocycles. The Morgan fingerprint density at radius 1 is 1.19 bits per heavy atom. The second-order valence-corrected chi connectivity index (χ2v) is 7.41. The smallest absolute Gasteiger partial charge is 0.226 e. The summed E-state index contributed by atoms with van der Waals surface area (Å²) in [5, 5.41) is 5.35. The van der Waals surface area contributed by atoms with E-state index in [4.69, 9.17) is 4.74 Å². The molecule has 0 atom stereocenters. The van der Waals surface area contributed by atoms with E-state index in [1.54, 1.807) is 0 Å². The first-order valence-electron chi connectivity index (χ1n) is 9.30. The predicted molar refractivity (Wildman–Crippen MR) is 106 cm³/mol. The monoisotopic (exact) mass is 387 g/mol. The van der Waals surface area contributed by atoms with Gasteiger partial charge in [0.2, 0.25) is 5.91 Å². The van der Waals surface area contributed by atoms with Crippen LogP contribution < -0.4 is 5.32 Å². The van der Waals surface area contributed by atoms with Crippen molar-refractivity contribution in [2.75, 3.05) is 31.6 Å². The van der Waals surface area contributed by atoms with Gasteiger partial charge in [0.15, 0.2) is 10.9 Å². The third kappa shape index (κ3) is 5.95. The number of morpholine rings is 1. The molecule has 1 fully saturated rings. The van der Waals surface area contributed by atoms with E-state index in [1.807, 2.05) is 29.6 Å². The van der Waals surface area contributed by atoms with Crippen LogP contribution in [0.2, 0.25) is 0 Å². The highest BCUT2D eigenvalue weighted by molar-refractivity contribution is 7.13. The van der Waals surface area contributed by atoms with Gasteiger partial charge < -0.3 is 10.1 Å². The van der Waals surface area contributed by atoms with Gasteiger partial charge in [-0.05, 0) is 12.0 Å². The average molecular weight is 388 g/mol. The van der Waals surface area contributed by atoms with Gasteiger partial charge in [0.25, 0.3) is 0 Å². The predicted octanol–water partition coefficient (Wildman–Crippen LogP) is 3.14. The number of nitrogens with zero attached hydrogens (tertiary/aromatic N) is 2. The first kappa shape index (κ1) is 19.7. The first-order valence-corrected chi connectivity index (χ1v) is 10.2. The number of rotatable bonds is 8. The fourth-order valence-electron chi connectivity index (χ4n) is 2.90. The zero-order valence-corrected chi connectivity index (χ0v) is 16.4. The van der Waals surface area contributed by atoms with Crippen molar-refractivity contribution in [3.8, 4) is 0 Å². The summed E-state index contributed by atoms with van der Waals surface area (Å²) in [7, 11) is 0. The molecule has 1 saturated heterocycles. The summed E-state index contributed by atoms with van der Waals surface area (Å²) < 4.78 is 5.34. The van der Waals surface area contributed by atoms with Gasteiger partial charge in [0.05, 0.1) is 18.9 Å². The molecule has 0 radical (unpaired) electrons. The van der Waals surface area contributed by atoms with Crippen LogP contribution in [0.5, 0.6) is 0 Å². The highest BCUT2D eigenvalue weighted by Crippen LogP contribution is 2.18. The van der Waals surface area contributed by atoms with E-state index in [0.717, 1.165) is 45.0 Å². The molecule has 0 unspecified atom stereocenters. The standard InChI is InChI=1S/C20H25N3O3S/c1-2-15-3-5-16(6-4-15)18(24)7-8-19(25)22-20-21-17(14-27-20)13-23-9-11-26-12-10-23/h3-6,14H,2,7-13H2,1H3,(H,21,22,25). The number of benzene rings is 1. The third-order valence-corrected chi connectivity index (χ3v) is 5.36. The Morgan fingerprint density at radius 2 is 1.93 bits per heavy atom. The first-order chi connectivity index (χ1) is 13.1. The molecular formula is C20H25N3O3S. The van der Waals surface area contributed by atoms with E-state index in [0.29, 0.717) is 10.7 Å². The second-order valence-electron chi connectivity index (χ2n) is 6.55. The number of thiazole rings is 1. The maximum Gasteiger partial charge on any atom is 0.226 e. The zero-order valence-electron chi connectivity index (χ0n) is 15.6. The summed E-state index contributed by atoms with van der Waals surface area (Å²) in [5.74, 6) is -0.194. The van der Waals surface area contributed by atoms with Crippen LogP contribution in [-0.2, 0) is 22.5 Å². The van der Waals surface area contributed by atoms with Gasteiger partial charge in [0, 0.05) is 43.4 Å². The van der Waals surface area contributed by atoms with E-state index >= 15 is 0 Å². The summed E-state index contributed by atoms with van der Waals surface area (Å²) in [4.78, 5) is 31.1. The zero-order chi connectivity index (χ0) is 19.1. The number of ether oxygens (including phenoxy) is 1. The Morgan fingerprint density at radius 3 is 2.63 bits per heavy atom. The number of ketones is 1. The van der Waals surface area contributed by atoms with Crippen molar-refractivity contribution in [2.24, 2.45) is 0 Å². The molecule has 2 aromatic rings. The summed E-state index contributed by atoms with van der Waals surface area (Å²) >= 11 is 1.42. The van der Waals surface area contributed by atoms with E-state index in [1.165, 1.54) is 16.9 Å². The van der Waals surface area contributed by atoms with Crippen molar-refractivity contribution >= 4 is 28.2 Å². The number of Topliss-reactive ketones (excluding diaryl/α,β-unsaturated/α-hetero) is 1. The van der Waals surface area contributed by atoms with E-state index < -0.39 is 0 Å². The molecule has 0 aliphatic carbocycles. The summed E-state index contributed by atoms with van der Waals surface area (Å²) in [6, 6.07) is 7.58. The minimum atomic E-state index is -0.180. The lowest BCUT2D eigenvalue weighted by Crippen LogP contribution is -2.35. The van der Waals surface area contributed by atoms with Crippen molar-refractivity contribution in [1.82, 2.24) is 9.88 Å². The van der Waals surface area contributed by atoms with Crippen LogP contribution in [0.1, 0.15) is 41.4 Å². The van der Waals surface area contributed by atoms with Gasteiger partial charge in [-0.15, -0.1) is 11.3 Å². The number of carbonyl (C=O) groups is 2. The molecule has 0 spiro atoms. The summed E-state index contributed by atoms with van der Waals surface area (Å²) in [6.45, 7) is 6.15. The van der Waals surface area contributed by atoms with Crippen LogP contribution >= 0.6 is 11.3 Å². The number of carbonyl (C=O) groups excluding carboxylic acids is 2. The lowest BCUT2D eigenvalue weighted by atomic mass is 10.0. The van der Waals surface area contributed by atoms with Crippen LogP contribution in [0, 0.1) is 0 Å². The van der Waals surface area contributed by atoms with Crippen molar-refractivity contribution in [3.63, 3.8) is 0 Å². The Bertz CT molecular complexity index is 767. The maximum atomic E-state index is 12.2. The van der Waals surface area contributed by atoms with Gasteiger partial charge >= 0.3 is 0 Å².